The van der Waals surface area contributed by atoms with Gasteiger partial charge < -0.3 is 25.5 Å². The summed E-state index contributed by atoms with van der Waals surface area (Å²) in [6, 6.07) is 12.8. The quantitative estimate of drug-likeness (QED) is 0.329. The van der Waals surface area contributed by atoms with E-state index in [1.807, 2.05) is 12.1 Å². The van der Waals surface area contributed by atoms with Crippen molar-refractivity contribution in [2.45, 2.75) is 31.9 Å². The molecule has 196 valence electrons. The lowest BCUT2D eigenvalue weighted by Gasteiger charge is -2.30. The van der Waals surface area contributed by atoms with Gasteiger partial charge in [-0.25, -0.2) is 14.4 Å². The summed E-state index contributed by atoms with van der Waals surface area (Å²) in [6.45, 7) is 2.93. The fourth-order valence-corrected chi connectivity index (χ4v) is 4.29. The van der Waals surface area contributed by atoms with Crippen LogP contribution in [-0.4, -0.2) is 46.2 Å². The van der Waals surface area contributed by atoms with Crippen molar-refractivity contribution in [3.63, 3.8) is 0 Å². The summed E-state index contributed by atoms with van der Waals surface area (Å²) in [7, 11) is 0. The number of furan rings is 1. The molecule has 8 nitrogen and oxygen atoms in total. The van der Waals surface area contributed by atoms with Crippen LogP contribution in [-0.2, 0) is 4.79 Å². The van der Waals surface area contributed by atoms with Gasteiger partial charge in [0.15, 0.2) is 0 Å². The number of anilines is 2. The number of hydrogen-bond donors (Lipinski definition) is 3. The van der Waals surface area contributed by atoms with Crippen molar-refractivity contribution in [2.24, 2.45) is 5.73 Å². The molecule has 5 rings (SSSR count). The highest BCUT2D eigenvalue weighted by atomic mass is 35.5. The molecule has 0 aliphatic carbocycles. The van der Waals surface area contributed by atoms with E-state index >= 15 is 0 Å². The standard InChI is InChI=1S/C26H26FN5O3.2ClH/c1-15(28)25(34)31-19-8-4-17(5-9-19)23-21(16-2-6-18(27)7-3-16)22-24(29-14-30-26(22)35-23)32-12-10-20(33)11-13-32;;/h2-9,14-15,20,33H,10-13,28H2,1H3,(H,31,34);2*1H/t15-;;/m0../s1. The van der Waals surface area contributed by atoms with Crippen LogP contribution in [0.15, 0.2) is 59.3 Å². The number of benzene rings is 2. The molecule has 4 aromatic rings. The van der Waals surface area contributed by atoms with Crippen LogP contribution in [0.3, 0.4) is 0 Å². The molecular weight excluding hydrogens is 520 g/mol. The molecule has 1 saturated heterocycles. The molecule has 2 aromatic carbocycles. The Balaban J connectivity index is 0.00000190. The molecule has 11 heteroatoms. The van der Waals surface area contributed by atoms with Gasteiger partial charge in [0.2, 0.25) is 11.6 Å². The average Bonchev–Trinajstić information content (AvgIpc) is 3.25. The number of fused-ring (bicyclic) bond motifs is 1. The van der Waals surface area contributed by atoms with Gasteiger partial charge >= 0.3 is 0 Å². The molecule has 1 aliphatic heterocycles. The fourth-order valence-electron chi connectivity index (χ4n) is 4.29. The SMILES string of the molecule is C[C@H](N)C(=O)Nc1ccc(-c2oc3ncnc(N4CCC(O)CC4)c3c2-c2ccc(F)cc2)cc1.Cl.Cl. The van der Waals surface area contributed by atoms with Crippen LogP contribution in [0.2, 0.25) is 0 Å². The summed E-state index contributed by atoms with van der Waals surface area (Å²) in [4.78, 5) is 23.0. The van der Waals surface area contributed by atoms with Crippen molar-refractivity contribution in [1.82, 2.24) is 9.97 Å². The number of aromatic nitrogens is 2. The van der Waals surface area contributed by atoms with Gasteiger partial charge in [0, 0.05) is 29.9 Å². The van der Waals surface area contributed by atoms with Crippen LogP contribution >= 0.6 is 24.8 Å². The average molecular weight is 548 g/mol. The maximum Gasteiger partial charge on any atom is 0.240 e. The first-order chi connectivity index (χ1) is 16.9. The molecule has 0 unspecified atom stereocenters. The monoisotopic (exact) mass is 547 g/mol. The number of nitrogens with zero attached hydrogens (tertiary/aromatic N) is 3. The highest BCUT2D eigenvalue weighted by molar-refractivity contribution is 6.06. The van der Waals surface area contributed by atoms with Crippen molar-refractivity contribution < 1.29 is 18.7 Å². The Hall–Kier alpha value is -3.24. The Morgan fingerprint density at radius 2 is 1.70 bits per heavy atom. The molecule has 0 spiro atoms. The molecular formula is C26H28Cl2FN5O3. The number of aliphatic hydroxyl groups is 1. The third-order valence-electron chi connectivity index (χ3n) is 6.19. The number of nitrogens with two attached hydrogens (primary N) is 1. The minimum atomic E-state index is -0.622. The molecule has 0 radical (unpaired) electrons. The van der Waals surface area contributed by atoms with E-state index in [9.17, 15) is 14.3 Å². The maximum absolute atomic E-state index is 13.8. The number of carbonyl (C=O) groups is 1. The largest absolute Gasteiger partial charge is 0.437 e. The van der Waals surface area contributed by atoms with E-state index in [0.29, 0.717) is 43.1 Å². The van der Waals surface area contributed by atoms with Gasteiger partial charge in [0.25, 0.3) is 0 Å². The van der Waals surface area contributed by atoms with Crippen LogP contribution in [0.25, 0.3) is 33.6 Å². The van der Waals surface area contributed by atoms with Gasteiger partial charge in [-0.2, -0.15) is 0 Å². The van der Waals surface area contributed by atoms with Gasteiger partial charge in [-0.05, 0) is 61.7 Å². The molecule has 1 fully saturated rings. The number of piperidine rings is 1. The van der Waals surface area contributed by atoms with E-state index in [1.165, 1.54) is 18.5 Å². The zero-order valence-corrected chi connectivity index (χ0v) is 21.7. The van der Waals surface area contributed by atoms with Crippen molar-refractivity contribution in [1.29, 1.82) is 0 Å². The predicted octanol–water partition coefficient (Wildman–Crippen LogP) is 4.79. The van der Waals surface area contributed by atoms with E-state index < -0.39 is 6.04 Å². The molecule has 0 bridgehead atoms. The molecule has 0 saturated carbocycles. The summed E-state index contributed by atoms with van der Waals surface area (Å²) < 4.78 is 20.0. The lowest BCUT2D eigenvalue weighted by atomic mass is 9.98. The number of halogens is 3. The highest BCUT2D eigenvalue weighted by Crippen LogP contribution is 2.44. The summed E-state index contributed by atoms with van der Waals surface area (Å²) in [5, 5.41) is 13.5. The van der Waals surface area contributed by atoms with Crippen LogP contribution in [0.4, 0.5) is 15.9 Å². The van der Waals surface area contributed by atoms with Crippen LogP contribution in [0, 0.1) is 5.82 Å². The Bertz CT molecular complexity index is 1360. The molecule has 4 N–H and O–H groups in total. The van der Waals surface area contributed by atoms with E-state index in [4.69, 9.17) is 10.2 Å². The Labute approximate surface area is 225 Å². The zero-order chi connectivity index (χ0) is 24.5. The number of carbonyl (C=O) groups excluding carboxylic acids is 1. The van der Waals surface area contributed by atoms with Crippen molar-refractivity contribution >= 4 is 53.3 Å². The summed E-state index contributed by atoms with van der Waals surface area (Å²) in [5.74, 6) is 0.673. The second-order valence-corrected chi connectivity index (χ2v) is 8.76. The first kappa shape index (κ1) is 28.3. The number of nitrogens with one attached hydrogen (secondary N) is 1. The molecule has 1 atom stereocenters. The minimum Gasteiger partial charge on any atom is -0.437 e. The zero-order valence-electron chi connectivity index (χ0n) is 20.1. The smallest absolute Gasteiger partial charge is 0.240 e. The van der Waals surface area contributed by atoms with Gasteiger partial charge in [0.1, 0.15) is 23.7 Å². The molecule has 1 amide bonds. The van der Waals surface area contributed by atoms with Crippen molar-refractivity contribution in [2.75, 3.05) is 23.3 Å². The van der Waals surface area contributed by atoms with E-state index in [2.05, 4.69) is 20.2 Å². The Morgan fingerprint density at radius 1 is 1.08 bits per heavy atom. The van der Waals surface area contributed by atoms with Crippen molar-refractivity contribution in [3.05, 3.63) is 60.7 Å². The van der Waals surface area contributed by atoms with E-state index in [1.54, 1.807) is 31.2 Å². The highest BCUT2D eigenvalue weighted by Gasteiger charge is 2.26. The number of aliphatic hydroxyl groups excluding tert-OH is 1. The normalized spacial score (nSPS) is 14.5. The minimum absolute atomic E-state index is 0. The first-order valence-corrected chi connectivity index (χ1v) is 11.5. The Morgan fingerprint density at radius 3 is 2.32 bits per heavy atom. The van der Waals surface area contributed by atoms with Crippen LogP contribution in [0.1, 0.15) is 19.8 Å². The molecule has 37 heavy (non-hydrogen) atoms. The summed E-state index contributed by atoms with van der Waals surface area (Å²) >= 11 is 0. The third-order valence-corrected chi connectivity index (χ3v) is 6.19. The van der Waals surface area contributed by atoms with Gasteiger partial charge in [0.05, 0.1) is 17.5 Å². The number of amides is 1. The van der Waals surface area contributed by atoms with E-state index in [-0.39, 0.29) is 42.6 Å². The second-order valence-electron chi connectivity index (χ2n) is 8.76. The second kappa shape index (κ2) is 11.9. The molecule has 3 heterocycles. The molecule has 1 aliphatic rings. The molecule has 2 aromatic heterocycles. The van der Waals surface area contributed by atoms with Crippen LogP contribution < -0.4 is 16.0 Å². The number of hydrogen-bond acceptors (Lipinski definition) is 7. The predicted molar refractivity (Wildman–Crippen MR) is 147 cm³/mol. The van der Waals surface area contributed by atoms with Gasteiger partial charge in [-0.15, -0.1) is 24.8 Å². The van der Waals surface area contributed by atoms with Gasteiger partial charge in [-0.3, -0.25) is 4.79 Å². The summed E-state index contributed by atoms with van der Waals surface area (Å²) in [6.07, 6.45) is 2.45. The summed E-state index contributed by atoms with van der Waals surface area (Å²) in [5.41, 5.74) is 8.97. The number of rotatable bonds is 5. The van der Waals surface area contributed by atoms with Crippen LogP contribution in [0.5, 0.6) is 0 Å². The Kier molecular flexibility index (Phi) is 9.09. The fraction of sp³-hybridized carbons (Fsp3) is 0.269. The lowest BCUT2D eigenvalue weighted by Crippen LogP contribution is -2.36. The van der Waals surface area contributed by atoms with E-state index in [0.717, 1.165) is 27.9 Å². The first-order valence-electron chi connectivity index (χ1n) is 11.5. The van der Waals surface area contributed by atoms with Gasteiger partial charge in [-0.1, -0.05) is 12.1 Å². The maximum atomic E-state index is 13.8. The lowest BCUT2D eigenvalue weighted by molar-refractivity contribution is -0.117. The third kappa shape index (κ3) is 5.86. The topological polar surface area (TPSA) is 118 Å². The van der Waals surface area contributed by atoms with Crippen molar-refractivity contribution in [3.8, 4) is 22.5 Å².